The first-order valence-electron chi connectivity index (χ1n) is 9.45. The number of phenolic OH excluding ortho intramolecular Hbond substituents is 1. The average molecular weight is 402 g/mol. The van der Waals surface area contributed by atoms with Gasteiger partial charge in [0, 0.05) is 16.7 Å². The number of fused-ring (bicyclic) bond motifs is 3. The minimum Gasteiger partial charge on any atom is -0.507 e. The average Bonchev–Trinajstić information content (AvgIpc) is 2.96. The van der Waals surface area contributed by atoms with Gasteiger partial charge in [-0.2, -0.15) is 0 Å². The van der Waals surface area contributed by atoms with Gasteiger partial charge in [-0.3, -0.25) is 9.59 Å². The third-order valence-electron chi connectivity index (χ3n) is 6.13. The minimum atomic E-state index is -1.02. The largest absolute Gasteiger partial charge is 0.507 e. The van der Waals surface area contributed by atoms with Crippen molar-refractivity contribution in [1.82, 2.24) is 0 Å². The molecule has 29 heavy (non-hydrogen) atoms. The number of allylic oxidation sites excluding steroid dienone is 2. The van der Waals surface area contributed by atoms with Gasteiger partial charge in [-0.25, -0.2) is 0 Å². The van der Waals surface area contributed by atoms with Gasteiger partial charge >= 0.3 is 0 Å². The molecule has 1 aromatic rings. The number of hydrogen-bond acceptors (Lipinski definition) is 7. The van der Waals surface area contributed by atoms with E-state index in [1.54, 1.807) is 26.8 Å². The second-order valence-corrected chi connectivity index (χ2v) is 7.84. The number of Topliss-reactive ketones (excluding diaryl/α,β-unsaturated/α-hetero) is 2. The predicted octanol–water partition coefficient (Wildman–Crippen LogP) is 2.42. The van der Waals surface area contributed by atoms with Gasteiger partial charge in [0.15, 0.2) is 11.5 Å². The highest BCUT2D eigenvalue weighted by atomic mass is 16.5. The zero-order valence-corrected chi connectivity index (χ0v) is 17.2. The van der Waals surface area contributed by atoms with Crippen molar-refractivity contribution in [3.63, 3.8) is 0 Å². The van der Waals surface area contributed by atoms with Crippen molar-refractivity contribution >= 4 is 11.6 Å². The van der Waals surface area contributed by atoms with Gasteiger partial charge in [-0.1, -0.05) is 11.6 Å². The molecule has 1 aromatic carbocycles. The highest BCUT2D eigenvalue weighted by molar-refractivity contribution is 6.27. The Morgan fingerprint density at radius 2 is 2.03 bits per heavy atom. The van der Waals surface area contributed by atoms with Crippen LogP contribution in [0.5, 0.6) is 11.5 Å². The summed E-state index contributed by atoms with van der Waals surface area (Å²) in [6.45, 7) is 6.64. The second kappa shape index (κ2) is 7.31. The molecular formula is C22H26O7. The van der Waals surface area contributed by atoms with E-state index in [9.17, 15) is 24.9 Å². The molecule has 2 aliphatic rings. The molecule has 3 unspecified atom stereocenters. The maximum absolute atomic E-state index is 13.0. The van der Waals surface area contributed by atoms with Gasteiger partial charge in [0.1, 0.15) is 17.6 Å². The van der Waals surface area contributed by atoms with Gasteiger partial charge in [0.2, 0.25) is 5.78 Å². The van der Waals surface area contributed by atoms with Crippen LogP contribution in [0, 0.1) is 0 Å². The van der Waals surface area contributed by atoms with E-state index in [4.69, 9.17) is 9.47 Å². The molecule has 0 radical (unpaired) electrons. The summed E-state index contributed by atoms with van der Waals surface area (Å²) >= 11 is 0. The molecule has 1 aliphatic carbocycles. The molecule has 3 N–H and O–H groups in total. The Labute approximate surface area is 169 Å². The molecule has 156 valence electrons. The van der Waals surface area contributed by atoms with Crippen LogP contribution in [-0.2, 0) is 10.2 Å². The molecule has 7 nitrogen and oxygen atoms in total. The molecule has 0 amide bonds. The monoisotopic (exact) mass is 402 g/mol. The SMILES string of the molecule is COC1=C(C)C(=O)c2c(cc(O)c3c2OC(C)C3(C)C(O)C/C=C(/C)CO)C1=O. The van der Waals surface area contributed by atoms with Crippen LogP contribution in [0.4, 0.5) is 0 Å². The molecule has 7 heteroatoms. The van der Waals surface area contributed by atoms with E-state index in [1.165, 1.54) is 20.1 Å². The predicted molar refractivity (Wildman–Crippen MR) is 105 cm³/mol. The van der Waals surface area contributed by atoms with Crippen molar-refractivity contribution in [3.05, 3.63) is 45.7 Å². The Bertz CT molecular complexity index is 956. The van der Waals surface area contributed by atoms with Crippen LogP contribution in [0.1, 0.15) is 60.4 Å². The summed E-state index contributed by atoms with van der Waals surface area (Å²) in [5, 5.41) is 30.9. The van der Waals surface area contributed by atoms with Gasteiger partial charge in [0.05, 0.1) is 30.8 Å². The molecular weight excluding hydrogens is 376 g/mol. The molecule has 1 heterocycles. The lowest BCUT2D eigenvalue weighted by atomic mass is 9.71. The number of phenols is 1. The van der Waals surface area contributed by atoms with E-state index >= 15 is 0 Å². The molecule has 0 bridgehead atoms. The summed E-state index contributed by atoms with van der Waals surface area (Å²) < 4.78 is 11.1. The standard InChI is InChI=1S/C22H26O7/c1-10(9-23)6-7-15(25)22(4)12(3)29-21-16-13(8-14(24)17(21)22)19(27)20(28-5)11(2)18(16)26/h6,8,12,15,23-25H,7,9H2,1-5H3/b10-6-. The summed E-state index contributed by atoms with van der Waals surface area (Å²) in [6, 6.07) is 1.25. The topological polar surface area (TPSA) is 113 Å². The number of aliphatic hydroxyl groups is 2. The number of ketones is 2. The lowest BCUT2D eigenvalue weighted by Crippen LogP contribution is -2.44. The van der Waals surface area contributed by atoms with Crippen LogP contribution in [0.15, 0.2) is 29.0 Å². The lowest BCUT2D eigenvalue weighted by molar-refractivity contribution is 0.0390. The maximum atomic E-state index is 13.0. The lowest BCUT2D eigenvalue weighted by Gasteiger charge is -2.33. The van der Waals surface area contributed by atoms with Crippen molar-refractivity contribution in [1.29, 1.82) is 0 Å². The molecule has 0 fully saturated rings. The normalized spacial score (nSPS) is 24.9. The van der Waals surface area contributed by atoms with E-state index in [1.807, 2.05) is 0 Å². The number of ether oxygens (including phenoxy) is 2. The fraction of sp³-hybridized carbons (Fsp3) is 0.455. The molecule has 0 saturated heterocycles. The summed E-state index contributed by atoms with van der Waals surface area (Å²) in [4.78, 5) is 25.8. The number of carbonyl (C=O) groups excluding carboxylic acids is 2. The number of methoxy groups -OCH3 is 1. The number of rotatable bonds is 5. The fourth-order valence-corrected chi connectivity index (χ4v) is 4.08. The molecule has 0 aromatic heterocycles. The highest BCUT2D eigenvalue weighted by Gasteiger charge is 2.52. The summed E-state index contributed by atoms with van der Waals surface area (Å²) in [5.74, 6) is -1.05. The maximum Gasteiger partial charge on any atom is 0.228 e. The van der Waals surface area contributed by atoms with Crippen LogP contribution in [0.3, 0.4) is 0 Å². The van der Waals surface area contributed by atoms with Gasteiger partial charge in [-0.05, 0) is 40.2 Å². The first-order valence-corrected chi connectivity index (χ1v) is 9.45. The molecule has 3 atom stereocenters. The molecule has 0 spiro atoms. The zero-order chi connectivity index (χ0) is 21.7. The Hall–Kier alpha value is -2.64. The van der Waals surface area contributed by atoms with Gasteiger partial charge < -0.3 is 24.8 Å². The first kappa shape index (κ1) is 21.1. The van der Waals surface area contributed by atoms with Crippen LogP contribution in [0.2, 0.25) is 0 Å². The first-order chi connectivity index (χ1) is 13.6. The van der Waals surface area contributed by atoms with E-state index in [0.717, 1.165) is 0 Å². The number of aliphatic hydroxyl groups excluding tert-OH is 2. The molecule has 0 saturated carbocycles. The van der Waals surface area contributed by atoms with Crippen molar-refractivity contribution in [2.45, 2.75) is 51.7 Å². The highest BCUT2D eigenvalue weighted by Crippen LogP contribution is 2.53. The Morgan fingerprint density at radius 3 is 2.62 bits per heavy atom. The van der Waals surface area contributed by atoms with Crippen molar-refractivity contribution in [2.75, 3.05) is 13.7 Å². The number of aromatic hydroxyl groups is 1. The van der Waals surface area contributed by atoms with Gasteiger partial charge in [-0.15, -0.1) is 0 Å². The second-order valence-electron chi connectivity index (χ2n) is 7.84. The number of hydrogen-bond donors (Lipinski definition) is 3. The summed E-state index contributed by atoms with van der Waals surface area (Å²) in [6.07, 6.45) is 0.433. The molecule has 1 aliphatic heterocycles. The summed E-state index contributed by atoms with van der Waals surface area (Å²) in [5.41, 5.74) is 0.277. The van der Waals surface area contributed by atoms with Crippen molar-refractivity contribution in [3.8, 4) is 11.5 Å². The third-order valence-corrected chi connectivity index (χ3v) is 6.13. The minimum absolute atomic E-state index is 0.0238. The van der Waals surface area contributed by atoms with Crippen LogP contribution < -0.4 is 4.74 Å². The van der Waals surface area contributed by atoms with Crippen LogP contribution in [0.25, 0.3) is 0 Å². The molecule has 3 rings (SSSR count). The van der Waals surface area contributed by atoms with E-state index in [2.05, 4.69) is 0 Å². The number of carbonyl (C=O) groups is 2. The fourth-order valence-electron chi connectivity index (χ4n) is 4.08. The van der Waals surface area contributed by atoms with Crippen LogP contribution >= 0.6 is 0 Å². The van der Waals surface area contributed by atoms with E-state index in [-0.39, 0.29) is 47.0 Å². The van der Waals surface area contributed by atoms with E-state index in [0.29, 0.717) is 11.1 Å². The van der Waals surface area contributed by atoms with Crippen LogP contribution in [-0.4, -0.2) is 52.8 Å². The smallest absolute Gasteiger partial charge is 0.228 e. The number of benzene rings is 1. The van der Waals surface area contributed by atoms with Crippen molar-refractivity contribution < 1.29 is 34.4 Å². The Balaban J connectivity index is 2.18. The van der Waals surface area contributed by atoms with E-state index < -0.39 is 29.2 Å². The van der Waals surface area contributed by atoms with Gasteiger partial charge in [0.25, 0.3) is 0 Å². The Kier molecular flexibility index (Phi) is 5.32. The Morgan fingerprint density at radius 1 is 1.38 bits per heavy atom. The van der Waals surface area contributed by atoms with Crippen molar-refractivity contribution in [2.24, 2.45) is 0 Å². The third kappa shape index (κ3) is 2.96. The summed E-state index contributed by atoms with van der Waals surface area (Å²) in [7, 11) is 1.32. The zero-order valence-electron chi connectivity index (χ0n) is 17.2. The quantitative estimate of drug-likeness (QED) is 0.648.